The molecule has 0 heterocycles. The topological polar surface area (TPSA) is 29.5 Å². The highest BCUT2D eigenvalue weighted by atomic mass is 16.5. The zero-order valence-electron chi connectivity index (χ0n) is 36.5. The highest BCUT2D eigenvalue weighted by Gasteiger charge is 2.23. The van der Waals surface area contributed by atoms with Crippen LogP contribution in [-0.4, -0.2) is 38.1 Å². The van der Waals surface area contributed by atoms with Crippen molar-refractivity contribution in [2.24, 2.45) is 17.8 Å². The summed E-state index contributed by atoms with van der Waals surface area (Å²) in [5, 5.41) is 0. The Kier molecular flexibility index (Phi) is 36.9. The summed E-state index contributed by atoms with van der Waals surface area (Å²) in [6, 6.07) is 0. The van der Waals surface area contributed by atoms with Gasteiger partial charge in [-0.1, -0.05) is 213 Å². The standard InChI is InChI=1S/C48H95NO2/c1-9-11-13-15-17-19-21-23-25-27-29-31-33-35-38-47(39-36-34-32-30-28-26-24-22-20-18-16-14-12-10-2)46(6)45(5)44(4)43(3)42-51-48(50)40-37-41-49(7)8/h43-45H,9-42H2,1-8H3. The van der Waals surface area contributed by atoms with Crippen LogP contribution in [0.1, 0.15) is 247 Å². The molecule has 3 atom stereocenters. The van der Waals surface area contributed by atoms with Crippen LogP contribution in [0.2, 0.25) is 0 Å². The van der Waals surface area contributed by atoms with Crippen molar-refractivity contribution in [1.82, 2.24) is 4.90 Å². The number of ether oxygens (including phenoxy) is 1. The number of nitrogens with zero attached hydrogens (tertiary/aromatic N) is 1. The molecule has 51 heavy (non-hydrogen) atoms. The van der Waals surface area contributed by atoms with Gasteiger partial charge in [0.1, 0.15) is 0 Å². The monoisotopic (exact) mass is 718 g/mol. The molecule has 0 spiro atoms. The summed E-state index contributed by atoms with van der Waals surface area (Å²) in [4.78, 5) is 14.5. The first-order valence-corrected chi connectivity index (χ1v) is 23.2. The van der Waals surface area contributed by atoms with Gasteiger partial charge in [-0.25, -0.2) is 0 Å². The number of rotatable bonds is 39. The predicted octanol–water partition coefficient (Wildman–Crippen LogP) is 15.8. The lowest BCUT2D eigenvalue weighted by molar-refractivity contribution is -0.145. The molecule has 0 amide bonds. The summed E-state index contributed by atoms with van der Waals surface area (Å²) in [6.07, 6.45) is 43.8. The van der Waals surface area contributed by atoms with Crippen molar-refractivity contribution in [3.8, 4) is 0 Å². The molecule has 0 aromatic rings. The van der Waals surface area contributed by atoms with Crippen molar-refractivity contribution in [1.29, 1.82) is 0 Å². The number of esters is 1. The molecule has 3 nitrogen and oxygen atoms in total. The Bertz CT molecular complexity index is 739. The van der Waals surface area contributed by atoms with Crippen LogP contribution in [0.4, 0.5) is 0 Å². The van der Waals surface area contributed by atoms with E-state index < -0.39 is 0 Å². The van der Waals surface area contributed by atoms with E-state index in [4.69, 9.17) is 4.74 Å². The number of hydrogen-bond acceptors (Lipinski definition) is 3. The van der Waals surface area contributed by atoms with E-state index in [1.807, 2.05) is 0 Å². The van der Waals surface area contributed by atoms with Crippen LogP contribution in [-0.2, 0) is 9.53 Å². The Hall–Kier alpha value is -0.830. The van der Waals surface area contributed by atoms with Gasteiger partial charge in [0.05, 0.1) is 6.61 Å². The van der Waals surface area contributed by atoms with E-state index in [2.05, 4.69) is 60.5 Å². The highest BCUT2D eigenvalue weighted by Crippen LogP contribution is 2.32. The number of unbranched alkanes of at least 4 members (excludes halogenated alkanes) is 26. The van der Waals surface area contributed by atoms with Gasteiger partial charge in [0, 0.05) is 6.42 Å². The molecule has 0 radical (unpaired) electrons. The van der Waals surface area contributed by atoms with E-state index >= 15 is 0 Å². The maximum Gasteiger partial charge on any atom is 0.305 e. The Labute approximate surface area is 322 Å². The molecule has 0 N–H and O–H groups in total. The van der Waals surface area contributed by atoms with Gasteiger partial charge in [0.15, 0.2) is 0 Å². The van der Waals surface area contributed by atoms with Crippen LogP contribution in [0, 0.1) is 17.8 Å². The summed E-state index contributed by atoms with van der Waals surface area (Å²) in [7, 11) is 4.11. The van der Waals surface area contributed by atoms with E-state index in [0.29, 0.717) is 30.8 Å². The second-order valence-corrected chi connectivity index (χ2v) is 17.2. The SMILES string of the molecule is CCCCCCCCCCCCCCCCC(CCCCCCCCCCCCCCCC)=C(C)C(C)C(C)C(C)COC(=O)CCCN(C)C. The molecule has 0 aromatic heterocycles. The van der Waals surface area contributed by atoms with Crippen molar-refractivity contribution < 1.29 is 9.53 Å². The van der Waals surface area contributed by atoms with Gasteiger partial charge in [-0.05, 0) is 77.4 Å². The molecule has 0 aliphatic carbocycles. The molecule has 0 rings (SSSR count). The summed E-state index contributed by atoms with van der Waals surface area (Å²) in [6.45, 7) is 15.6. The molecule has 0 aliphatic heterocycles. The molecule has 0 bridgehead atoms. The van der Waals surface area contributed by atoms with Gasteiger partial charge >= 0.3 is 5.97 Å². The fourth-order valence-electron chi connectivity index (χ4n) is 7.78. The minimum absolute atomic E-state index is 0.0351. The first-order valence-electron chi connectivity index (χ1n) is 23.2. The van der Waals surface area contributed by atoms with E-state index in [-0.39, 0.29) is 5.97 Å². The Morgan fingerprint density at radius 2 is 0.824 bits per heavy atom. The Morgan fingerprint density at radius 1 is 0.490 bits per heavy atom. The minimum atomic E-state index is -0.0351. The van der Waals surface area contributed by atoms with Crippen molar-refractivity contribution in [2.75, 3.05) is 27.2 Å². The molecular weight excluding hydrogens is 623 g/mol. The van der Waals surface area contributed by atoms with Crippen LogP contribution in [0.3, 0.4) is 0 Å². The van der Waals surface area contributed by atoms with Gasteiger partial charge in [0.2, 0.25) is 0 Å². The van der Waals surface area contributed by atoms with Crippen LogP contribution in [0.5, 0.6) is 0 Å². The molecule has 0 saturated heterocycles. The molecule has 0 aromatic carbocycles. The third kappa shape index (κ3) is 32.3. The smallest absolute Gasteiger partial charge is 0.305 e. The lowest BCUT2D eigenvalue weighted by Gasteiger charge is -2.29. The van der Waals surface area contributed by atoms with Gasteiger partial charge in [0.25, 0.3) is 0 Å². The first kappa shape index (κ1) is 50.2. The van der Waals surface area contributed by atoms with Crippen molar-refractivity contribution in [3.05, 3.63) is 11.1 Å². The lowest BCUT2D eigenvalue weighted by atomic mass is 9.78. The van der Waals surface area contributed by atoms with Gasteiger partial charge < -0.3 is 9.64 Å². The molecule has 0 aliphatic rings. The molecule has 0 saturated carbocycles. The fourth-order valence-corrected chi connectivity index (χ4v) is 7.78. The van der Waals surface area contributed by atoms with E-state index in [1.165, 1.54) is 193 Å². The third-order valence-electron chi connectivity index (χ3n) is 12.1. The zero-order chi connectivity index (χ0) is 37.8. The average molecular weight is 718 g/mol. The molecule has 0 fully saturated rings. The molecule has 3 unspecified atom stereocenters. The zero-order valence-corrected chi connectivity index (χ0v) is 36.5. The van der Waals surface area contributed by atoms with Crippen LogP contribution in [0.25, 0.3) is 0 Å². The van der Waals surface area contributed by atoms with Crippen molar-refractivity contribution in [3.63, 3.8) is 0 Å². The number of carbonyl (C=O) groups is 1. The number of hydrogen-bond donors (Lipinski definition) is 0. The second-order valence-electron chi connectivity index (χ2n) is 17.2. The largest absolute Gasteiger partial charge is 0.465 e. The molecule has 3 heteroatoms. The average Bonchev–Trinajstić information content (AvgIpc) is 3.12. The maximum absolute atomic E-state index is 12.3. The Balaban J connectivity index is 4.64. The Morgan fingerprint density at radius 3 is 1.16 bits per heavy atom. The summed E-state index contributed by atoms with van der Waals surface area (Å²) in [5.41, 5.74) is 3.39. The van der Waals surface area contributed by atoms with Gasteiger partial charge in [-0.3, -0.25) is 4.79 Å². The number of carbonyl (C=O) groups excluding carboxylic acids is 1. The highest BCUT2D eigenvalue weighted by molar-refractivity contribution is 5.69. The third-order valence-corrected chi connectivity index (χ3v) is 12.1. The van der Waals surface area contributed by atoms with Crippen LogP contribution < -0.4 is 0 Å². The molecular formula is C48H95NO2. The summed E-state index contributed by atoms with van der Waals surface area (Å²) < 4.78 is 5.74. The minimum Gasteiger partial charge on any atom is -0.465 e. The summed E-state index contributed by atoms with van der Waals surface area (Å²) >= 11 is 0. The second kappa shape index (κ2) is 37.5. The van der Waals surface area contributed by atoms with Crippen LogP contribution in [0.15, 0.2) is 11.1 Å². The van der Waals surface area contributed by atoms with E-state index in [9.17, 15) is 4.79 Å². The van der Waals surface area contributed by atoms with Crippen molar-refractivity contribution >= 4 is 5.97 Å². The van der Waals surface area contributed by atoms with Crippen molar-refractivity contribution in [2.45, 2.75) is 247 Å². The van der Waals surface area contributed by atoms with Gasteiger partial charge in [-0.15, -0.1) is 0 Å². The van der Waals surface area contributed by atoms with Gasteiger partial charge in [-0.2, -0.15) is 0 Å². The molecule has 304 valence electrons. The van der Waals surface area contributed by atoms with Crippen LogP contribution >= 0.6 is 0 Å². The first-order chi connectivity index (χ1) is 24.7. The fraction of sp³-hybridized carbons (Fsp3) is 0.938. The number of allylic oxidation sites excluding steroid dienone is 2. The summed E-state index contributed by atoms with van der Waals surface area (Å²) in [5.74, 6) is 1.37. The predicted molar refractivity (Wildman–Crippen MR) is 229 cm³/mol. The lowest BCUT2D eigenvalue weighted by Crippen LogP contribution is -2.24. The van der Waals surface area contributed by atoms with E-state index in [1.54, 1.807) is 11.1 Å². The van der Waals surface area contributed by atoms with E-state index in [0.717, 1.165) is 13.0 Å². The quantitative estimate of drug-likeness (QED) is 0.0360. The maximum atomic E-state index is 12.3. The normalized spacial score (nSPS) is 13.4.